The lowest BCUT2D eigenvalue weighted by atomic mass is 10.7. The predicted octanol–water partition coefficient (Wildman–Crippen LogP) is 5.17. The predicted molar refractivity (Wildman–Crippen MR) is 120 cm³/mol. The fourth-order valence-corrected chi connectivity index (χ4v) is 6.84. The summed E-state index contributed by atoms with van der Waals surface area (Å²) in [7, 11) is 0. The minimum atomic E-state index is 0.716. The lowest BCUT2D eigenvalue weighted by Gasteiger charge is -2.19. The van der Waals surface area contributed by atoms with E-state index in [4.69, 9.17) is 24.4 Å². The van der Waals surface area contributed by atoms with Crippen LogP contribution in [-0.2, 0) is 0 Å². The first-order valence-electron chi connectivity index (χ1n) is 7.12. The van der Waals surface area contributed by atoms with Gasteiger partial charge in [0.2, 0.25) is 0 Å². The molecule has 0 N–H and O–H groups in total. The van der Waals surface area contributed by atoms with Crippen LogP contribution >= 0.6 is 83.6 Å². The number of hydrogen-bond acceptors (Lipinski definition) is 9. The second-order valence-corrected chi connectivity index (χ2v) is 10.7. The third-order valence-electron chi connectivity index (χ3n) is 2.11. The van der Waals surface area contributed by atoms with Crippen LogP contribution in [0.25, 0.3) is 0 Å². The van der Waals surface area contributed by atoms with E-state index >= 15 is 0 Å². The Balaban J connectivity index is 2.86. The van der Waals surface area contributed by atoms with Gasteiger partial charge in [0.25, 0.3) is 0 Å². The Bertz CT molecular complexity index is 453. The van der Waals surface area contributed by atoms with E-state index in [-0.39, 0.29) is 0 Å². The molecule has 0 bridgehead atoms. The quantitative estimate of drug-likeness (QED) is 0.356. The molecule has 1 aromatic heterocycles. The fourth-order valence-electron chi connectivity index (χ4n) is 1.33. The van der Waals surface area contributed by atoms with Crippen molar-refractivity contribution in [2.24, 2.45) is 0 Å². The topological polar surface area (TPSA) is 32.3 Å². The average molecular weight is 445 g/mol. The Hall–Kier alpha value is 0.740. The first-order chi connectivity index (χ1) is 11.1. The van der Waals surface area contributed by atoms with E-state index in [1.54, 1.807) is 47.8 Å². The van der Waals surface area contributed by atoms with Crippen molar-refractivity contribution >= 4 is 93.5 Å². The molecule has 0 aliphatic carbocycles. The van der Waals surface area contributed by atoms with Gasteiger partial charge in [0.05, 0.1) is 0 Å². The summed E-state index contributed by atoms with van der Waals surface area (Å²) in [6, 6.07) is 0. The number of hydrogen-bond donors (Lipinski definition) is 0. The SMILES string of the molecule is CCSN(SCC)C(=S)c1nnc(C(=S)N(SCC)SCC)s1. The number of nitrogens with zero attached hydrogens (tertiary/aromatic N) is 4. The minimum absolute atomic E-state index is 0.716. The summed E-state index contributed by atoms with van der Waals surface area (Å²) < 4.78 is 4.09. The molecule has 0 saturated heterocycles. The van der Waals surface area contributed by atoms with Crippen LogP contribution in [0, 0.1) is 0 Å². The van der Waals surface area contributed by atoms with Crippen molar-refractivity contribution in [2.45, 2.75) is 27.7 Å². The van der Waals surface area contributed by atoms with Gasteiger partial charge < -0.3 is 0 Å². The van der Waals surface area contributed by atoms with Gasteiger partial charge in [-0.25, -0.2) is 7.42 Å². The van der Waals surface area contributed by atoms with E-state index in [0.717, 1.165) is 33.0 Å². The van der Waals surface area contributed by atoms with Crippen LogP contribution in [0.2, 0.25) is 0 Å². The molecule has 0 aliphatic rings. The van der Waals surface area contributed by atoms with Crippen molar-refractivity contribution in [1.82, 2.24) is 17.6 Å². The van der Waals surface area contributed by atoms with Gasteiger partial charge in [-0.3, -0.25) is 0 Å². The van der Waals surface area contributed by atoms with E-state index in [0.29, 0.717) is 9.98 Å². The molecule has 1 aromatic rings. The van der Waals surface area contributed by atoms with Crippen molar-refractivity contribution in [3.8, 4) is 0 Å². The second kappa shape index (κ2) is 12.2. The third-order valence-corrected chi connectivity index (χ3v) is 8.48. The molecule has 0 aromatic carbocycles. The molecule has 0 spiro atoms. The highest BCUT2D eigenvalue weighted by atomic mass is 32.2. The van der Waals surface area contributed by atoms with Gasteiger partial charge in [-0.1, -0.05) is 63.5 Å². The molecule has 0 radical (unpaired) electrons. The van der Waals surface area contributed by atoms with E-state index in [2.05, 4.69) is 37.9 Å². The smallest absolute Gasteiger partial charge is 0.177 e. The van der Waals surface area contributed by atoms with Crippen molar-refractivity contribution in [1.29, 1.82) is 0 Å². The zero-order valence-electron chi connectivity index (χ0n) is 13.5. The van der Waals surface area contributed by atoms with E-state index in [1.165, 1.54) is 11.3 Å². The summed E-state index contributed by atoms with van der Waals surface area (Å²) >= 11 is 19.3. The first kappa shape index (κ1) is 21.8. The van der Waals surface area contributed by atoms with Crippen molar-refractivity contribution in [3.05, 3.63) is 10.0 Å². The van der Waals surface area contributed by atoms with Crippen LogP contribution < -0.4 is 0 Å². The van der Waals surface area contributed by atoms with Gasteiger partial charge in [-0.05, 0) is 47.8 Å². The molecule has 130 valence electrons. The molecule has 0 atom stereocenters. The maximum Gasteiger partial charge on any atom is 0.177 e. The molecular weight excluding hydrogens is 425 g/mol. The molecule has 0 aliphatic heterocycles. The van der Waals surface area contributed by atoms with Crippen molar-refractivity contribution in [3.63, 3.8) is 0 Å². The van der Waals surface area contributed by atoms with Crippen LogP contribution in [0.5, 0.6) is 0 Å². The Labute approximate surface area is 170 Å². The highest BCUT2D eigenvalue weighted by Gasteiger charge is 2.21. The highest BCUT2D eigenvalue weighted by Crippen LogP contribution is 2.29. The summed E-state index contributed by atoms with van der Waals surface area (Å²) in [5.41, 5.74) is 0. The van der Waals surface area contributed by atoms with Crippen LogP contribution in [-0.4, -0.2) is 50.6 Å². The summed E-state index contributed by atoms with van der Waals surface area (Å²) in [5, 5.41) is 10.0. The Morgan fingerprint density at radius 2 is 1.09 bits per heavy atom. The second-order valence-electron chi connectivity index (χ2n) is 3.71. The maximum absolute atomic E-state index is 5.57. The van der Waals surface area contributed by atoms with Crippen LogP contribution in [0.3, 0.4) is 0 Å². The zero-order valence-corrected chi connectivity index (χ0v) is 19.2. The van der Waals surface area contributed by atoms with Gasteiger partial charge in [-0.15, -0.1) is 10.2 Å². The lowest BCUT2D eigenvalue weighted by Crippen LogP contribution is -2.17. The molecule has 11 heteroatoms. The summed E-state index contributed by atoms with van der Waals surface area (Å²) in [4.78, 5) is 1.43. The monoisotopic (exact) mass is 444 g/mol. The van der Waals surface area contributed by atoms with Crippen molar-refractivity contribution in [2.75, 3.05) is 23.0 Å². The van der Waals surface area contributed by atoms with Gasteiger partial charge >= 0.3 is 0 Å². The molecule has 1 heterocycles. The number of thiocarbonyl (C=S) groups is 2. The minimum Gasteiger partial charge on any atom is -0.245 e. The van der Waals surface area contributed by atoms with Crippen LogP contribution in [0.1, 0.15) is 37.7 Å². The average Bonchev–Trinajstić information content (AvgIpc) is 3.03. The van der Waals surface area contributed by atoms with Gasteiger partial charge in [0.1, 0.15) is 0 Å². The molecule has 23 heavy (non-hydrogen) atoms. The maximum atomic E-state index is 5.57. The molecule has 0 amide bonds. The van der Waals surface area contributed by atoms with Gasteiger partial charge in [0.15, 0.2) is 20.0 Å². The lowest BCUT2D eigenvalue weighted by molar-refractivity contribution is 1.03. The summed E-state index contributed by atoms with van der Waals surface area (Å²) in [6.45, 7) is 8.44. The molecule has 1 rings (SSSR count). The highest BCUT2D eigenvalue weighted by molar-refractivity contribution is 8.14. The fraction of sp³-hybridized carbons (Fsp3) is 0.667. The molecule has 0 unspecified atom stereocenters. The van der Waals surface area contributed by atoms with Crippen LogP contribution in [0.4, 0.5) is 0 Å². The van der Waals surface area contributed by atoms with Gasteiger partial charge in [-0.2, -0.15) is 0 Å². The zero-order chi connectivity index (χ0) is 17.2. The van der Waals surface area contributed by atoms with E-state index in [1.807, 2.05) is 7.42 Å². The van der Waals surface area contributed by atoms with E-state index in [9.17, 15) is 0 Å². The normalized spacial score (nSPS) is 10.6. The van der Waals surface area contributed by atoms with Crippen molar-refractivity contribution < 1.29 is 0 Å². The molecule has 0 saturated carbocycles. The standard InChI is InChI=1S/C12H20N4S7/c1-5-19-15(20-6-2)11(17)9-13-14-10(23-9)12(18)16(21-7-3)22-8-4/h5-8H2,1-4H3. The molecule has 0 fully saturated rings. The molecular formula is C12H20N4S7. The number of rotatable bonds is 10. The van der Waals surface area contributed by atoms with E-state index < -0.39 is 0 Å². The molecule has 4 nitrogen and oxygen atoms in total. The Morgan fingerprint density at radius 3 is 1.35 bits per heavy atom. The summed E-state index contributed by atoms with van der Waals surface area (Å²) in [5.74, 6) is 3.85. The van der Waals surface area contributed by atoms with Gasteiger partial charge in [0, 0.05) is 23.0 Å². The number of aromatic nitrogens is 2. The first-order valence-corrected chi connectivity index (χ1v) is 12.5. The Morgan fingerprint density at radius 1 is 0.783 bits per heavy atom. The van der Waals surface area contributed by atoms with Crippen LogP contribution in [0.15, 0.2) is 0 Å². The third kappa shape index (κ3) is 6.87. The summed E-state index contributed by atoms with van der Waals surface area (Å²) in [6.07, 6.45) is 0. The Kier molecular flexibility index (Phi) is 11.5. The largest absolute Gasteiger partial charge is 0.245 e.